The quantitative estimate of drug-likeness (QED) is 0.309. The molecule has 0 aliphatic carbocycles. The van der Waals surface area contributed by atoms with E-state index in [1.165, 1.54) is 0 Å². The van der Waals surface area contributed by atoms with E-state index in [0.29, 0.717) is 5.65 Å². The molecule has 0 bridgehead atoms. The van der Waals surface area contributed by atoms with E-state index in [4.69, 9.17) is 9.97 Å². The summed E-state index contributed by atoms with van der Waals surface area (Å²) in [5, 5.41) is 3.12. The molecule has 0 atom stereocenters. The van der Waals surface area contributed by atoms with Gasteiger partial charge in [0.1, 0.15) is 0 Å². The zero-order chi connectivity index (χ0) is 22.5. The predicted molar refractivity (Wildman–Crippen MR) is 134 cm³/mol. The predicted octanol–water partition coefficient (Wildman–Crippen LogP) is 6.00. The lowest BCUT2D eigenvalue weighted by atomic mass is 10.0. The lowest BCUT2D eigenvalue weighted by molar-refractivity contribution is 1.25. The molecule has 1 aromatic carbocycles. The fourth-order valence-electron chi connectivity index (χ4n) is 4.30. The summed E-state index contributed by atoms with van der Waals surface area (Å²) in [7, 11) is 0. The van der Waals surface area contributed by atoms with Crippen molar-refractivity contribution in [3.05, 3.63) is 97.6 Å². The number of nitrogens with zero attached hydrogens (tertiary/aromatic N) is 6. The Morgan fingerprint density at radius 3 is 2.15 bits per heavy atom. The molecule has 6 aromatic heterocycles. The molecule has 6 nitrogen and oxygen atoms in total. The zero-order valence-electron chi connectivity index (χ0n) is 17.9. The van der Waals surface area contributed by atoms with Crippen molar-refractivity contribution in [2.24, 2.45) is 0 Å². The summed E-state index contributed by atoms with van der Waals surface area (Å²) in [6.45, 7) is 0. The van der Waals surface area contributed by atoms with Crippen molar-refractivity contribution in [1.29, 1.82) is 0 Å². The van der Waals surface area contributed by atoms with Crippen LogP contribution in [0.4, 0.5) is 0 Å². The minimum atomic E-state index is 0.707. The summed E-state index contributed by atoms with van der Waals surface area (Å²) in [6, 6.07) is 24.1. The van der Waals surface area contributed by atoms with E-state index < -0.39 is 0 Å². The van der Waals surface area contributed by atoms with Gasteiger partial charge in [0, 0.05) is 52.1 Å². The second-order valence-corrected chi connectivity index (χ2v) is 8.14. The van der Waals surface area contributed by atoms with Gasteiger partial charge in [-0.05, 0) is 54.6 Å². The summed E-state index contributed by atoms with van der Waals surface area (Å²) in [5.41, 5.74) is 7.65. The highest BCUT2D eigenvalue weighted by Crippen LogP contribution is 2.28. The third kappa shape index (κ3) is 3.04. The maximum atomic E-state index is 4.86. The van der Waals surface area contributed by atoms with E-state index >= 15 is 0 Å². The van der Waals surface area contributed by atoms with Crippen LogP contribution in [-0.2, 0) is 0 Å². The third-order valence-corrected chi connectivity index (χ3v) is 6.02. The Morgan fingerprint density at radius 1 is 0.471 bits per heavy atom. The average molecular weight is 436 g/mol. The summed E-state index contributed by atoms with van der Waals surface area (Å²) >= 11 is 0. The van der Waals surface area contributed by atoms with E-state index in [1.54, 1.807) is 12.4 Å². The highest BCUT2D eigenvalue weighted by Gasteiger charge is 2.09. The van der Waals surface area contributed by atoms with Gasteiger partial charge in [-0.15, -0.1) is 0 Å². The van der Waals surface area contributed by atoms with Gasteiger partial charge in [-0.2, -0.15) is 0 Å². The monoisotopic (exact) mass is 436 g/mol. The molecule has 0 saturated carbocycles. The fraction of sp³-hybridized carbons (Fsp3) is 0. The van der Waals surface area contributed by atoms with Crippen LogP contribution < -0.4 is 0 Å². The van der Waals surface area contributed by atoms with Gasteiger partial charge in [-0.1, -0.05) is 18.2 Å². The summed E-state index contributed by atoms with van der Waals surface area (Å²) < 4.78 is 0. The van der Waals surface area contributed by atoms with Gasteiger partial charge in [0.15, 0.2) is 5.65 Å². The summed E-state index contributed by atoms with van der Waals surface area (Å²) in [5.74, 6) is 0. The van der Waals surface area contributed by atoms with E-state index in [-0.39, 0.29) is 0 Å². The van der Waals surface area contributed by atoms with Gasteiger partial charge in [0.2, 0.25) is 0 Å². The number of rotatable bonds is 2. The number of hydrogen-bond donors (Lipinski definition) is 0. The van der Waals surface area contributed by atoms with Crippen molar-refractivity contribution in [2.75, 3.05) is 0 Å². The highest BCUT2D eigenvalue weighted by atomic mass is 14.9. The van der Waals surface area contributed by atoms with E-state index in [0.717, 1.165) is 60.7 Å². The summed E-state index contributed by atoms with van der Waals surface area (Å²) in [4.78, 5) is 27.8. The Morgan fingerprint density at radius 2 is 1.18 bits per heavy atom. The van der Waals surface area contributed by atoms with Gasteiger partial charge in [-0.25, -0.2) is 15.0 Å². The zero-order valence-corrected chi connectivity index (χ0v) is 17.9. The molecule has 0 fully saturated rings. The van der Waals surface area contributed by atoms with Crippen LogP contribution in [0, 0.1) is 0 Å². The summed E-state index contributed by atoms with van der Waals surface area (Å²) in [6.07, 6.45) is 7.29. The van der Waals surface area contributed by atoms with Crippen molar-refractivity contribution < 1.29 is 0 Å². The van der Waals surface area contributed by atoms with Gasteiger partial charge >= 0.3 is 0 Å². The average Bonchev–Trinajstić information content (AvgIpc) is 2.91. The minimum Gasteiger partial charge on any atom is -0.254 e. The Bertz CT molecular complexity index is 1880. The van der Waals surface area contributed by atoms with Crippen LogP contribution in [0.5, 0.6) is 0 Å². The molecule has 6 heteroatoms. The van der Waals surface area contributed by atoms with Crippen molar-refractivity contribution in [1.82, 2.24) is 29.9 Å². The third-order valence-electron chi connectivity index (χ3n) is 6.02. The Hall–Kier alpha value is -4.84. The van der Waals surface area contributed by atoms with Crippen LogP contribution in [-0.4, -0.2) is 29.9 Å². The van der Waals surface area contributed by atoms with Crippen LogP contribution in [0.2, 0.25) is 0 Å². The topological polar surface area (TPSA) is 77.3 Å². The van der Waals surface area contributed by atoms with E-state index in [1.807, 2.05) is 67.0 Å². The maximum Gasteiger partial charge on any atom is 0.159 e. The van der Waals surface area contributed by atoms with Gasteiger partial charge < -0.3 is 0 Å². The largest absolute Gasteiger partial charge is 0.254 e. The molecule has 0 amide bonds. The second kappa shape index (κ2) is 7.35. The first kappa shape index (κ1) is 18.7. The lowest BCUT2D eigenvalue weighted by Gasteiger charge is -2.07. The number of aromatic nitrogens is 6. The maximum absolute atomic E-state index is 4.86. The Labute approximate surface area is 194 Å². The molecule has 0 aliphatic rings. The van der Waals surface area contributed by atoms with Crippen molar-refractivity contribution in [3.63, 3.8) is 0 Å². The number of pyridine rings is 6. The van der Waals surface area contributed by atoms with Crippen molar-refractivity contribution >= 4 is 43.9 Å². The van der Waals surface area contributed by atoms with E-state index in [2.05, 4.69) is 38.1 Å². The fourth-order valence-corrected chi connectivity index (χ4v) is 4.30. The molecule has 34 heavy (non-hydrogen) atoms. The molecule has 7 aromatic rings. The van der Waals surface area contributed by atoms with Crippen LogP contribution >= 0.6 is 0 Å². The molecule has 0 unspecified atom stereocenters. The van der Waals surface area contributed by atoms with E-state index in [9.17, 15) is 0 Å². The van der Waals surface area contributed by atoms with Crippen LogP contribution in [0.15, 0.2) is 97.6 Å². The first-order chi connectivity index (χ1) is 16.8. The standard InChI is InChI=1S/C28H16N6/c1-3-17-5-6-19-13-20(16-32-27(19)26(17)29-11-1)21-14-25-22(31-15-21)9-10-23(33-25)24-8-7-18-4-2-12-30-28(18)34-24/h1-16H. The molecule has 0 N–H and O–H groups in total. The Kier molecular flexibility index (Phi) is 4.04. The Balaban J connectivity index is 1.33. The number of fused-ring (bicyclic) bond motifs is 5. The van der Waals surface area contributed by atoms with Crippen LogP contribution in [0.25, 0.3) is 66.4 Å². The first-order valence-corrected chi connectivity index (χ1v) is 10.9. The van der Waals surface area contributed by atoms with Gasteiger partial charge in [0.25, 0.3) is 0 Å². The molecule has 0 radical (unpaired) electrons. The first-order valence-electron chi connectivity index (χ1n) is 10.9. The van der Waals surface area contributed by atoms with Gasteiger partial charge in [-0.3, -0.25) is 15.0 Å². The molecule has 0 saturated heterocycles. The van der Waals surface area contributed by atoms with Crippen molar-refractivity contribution in [2.45, 2.75) is 0 Å². The highest BCUT2D eigenvalue weighted by molar-refractivity contribution is 6.03. The van der Waals surface area contributed by atoms with Gasteiger partial charge in [0.05, 0.1) is 33.5 Å². The van der Waals surface area contributed by atoms with Crippen LogP contribution in [0.3, 0.4) is 0 Å². The second-order valence-electron chi connectivity index (χ2n) is 8.14. The molecular formula is C28H16N6. The lowest BCUT2D eigenvalue weighted by Crippen LogP contribution is -1.92. The van der Waals surface area contributed by atoms with Crippen LogP contribution in [0.1, 0.15) is 0 Å². The molecule has 6 heterocycles. The molecule has 0 aliphatic heterocycles. The molecule has 7 rings (SSSR count). The molecular weight excluding hydrogens is 420 g/mol. The minimum absolute atomic E-state index is 0.707. The smallest absolute Gasteiger partial charge is 0.159 e. The SMILES string of the molecule is c1cnc2nc(-c3ccc4ncc(-c5cnc6c(ccc7cccnc76)c5)cc4n3)ccc2c1. The molecule has 0 spiro atoms. The normalized spacial score (nSPS) is 11.5. The molecule has 158 valence electrons. The van der Waals surface area contributed by atoms with Crippen molar-refractivity contribution in [3.8, 4) is 22.5 Å². The number of hydrogen-bond acceptors (Lipinski definition) is 6. The number of benzene rings is 1.